The van der Waals surface area contributed by atoms with E-state index >= 15 is 0 Å². The monoisotopic (exact) mass is 163 g/mol. The Morgan fingerprint density at radius 1 is 1.80 bits per heavy atom. The van der Waals surface area contributed by atoms with Crippen LogP contribution in [0.15, 0.2) is 11.8 Å². The first-order valence-electron chi connectivity index (χ1n) is 2.43. The van der Waals surface area contributed by atoms with Crippen LogP contribution in [-0.4, -0.2) is 19.8 Å². The van der Waals surface area contributed by atoms with Crippen LogP contribution >= 0.6 is 0 Å². The van der Waals surface area contributed by atoms with E-state index in [1.54, 1.807) is 0 Å². The molecule has 1 aliphatic heterocycles. The number of rotatable bonds is 0. The van der Waals surface area contributed by atoms with Crippen molar-refractivity contribution in [2.45, 2.75) is 6.92 Å². The molecule has 0 saturated carbocycles. The van der Waals surface area contributed by atoms with E-state index < -0.39 is 17.2 Å². The minimum absolute atomic E-state index is 0.0208. The number of hydrogen-bond donors (Lipinski definition) is 1. The Hall–Kier alpha value is -0.880. The Balaban J connectivity index is 2.89. The molecule has 1 heterocycles. The quantitative estimate of drug-likeness (QED) is 0.498. The van der Waals surface area contributed by atoms with Crippen LogP contribution in [0.4, 0.5) is 0 Å². The molecule has 1 aliphatic rings. The molecule has 1 unspecified atom stereocenters. The number of hydroxylamine groups is 1. The molecule has 0 aromatic rings. The summed E-state index contributed by atoms with van der Waals surface area (Å²) < 4.78 is 15.0. The van der Waals surface area contributed by atoms with Gasteiger partial charge < -0.3 is 4.18 Å². The second-order valence-electron chi connectivity index (χ2n) is 1.67. The van der Waals surface area contributed by atoms with Gasteiger partial charge in [-0.15, -0.1) is 0 Å². The third-order valence-electron chi connectivity index (χ3n) is 0.859. The third kappa shape index (κ3) is 1.17. The predicted octanol–water partition coefficient (Wildman–Crippen LogP) is -0.283. The summed E-state index contributed by atoms with van der Waals surface area (Å²) >= 11 is -2.07. The normalized spacial score (nSPS) is 25.8. The number of carbonyl (C=O) groups is 1. The van der Waals surface area contributed by atoms with E-state index in [1.807, 2.05) is 0 Å². The largest absolute Gasteiger partial charge is 0.388 e. The maximum Gasteiger partial charge on any atom is 0.346 e. The van der Waals surface area contributed by atoms with E-state index in [4.69, 9.17) is 5.21 Å². The maximum absolute atomic E-state index is 10.5. The molecule has 0 aliphatic carbocycles. The minimum Gasteiger partial charge on any atom is -0.388 e. The summed E-state index contributed by atoms with van der Waals surface area (Å²) in [5, 5.41) is 8.58. The molecule has 1 rings (SSSR count). The molecule has 0 bridgehead atoms. The van der Waals surface area contributed by atoms with Crippen LogP contribution in [0.5, 0.6) is 0 Å². The number of amides is 1. The molecule has 0 fully saturated rings. The standard InChI is InChI=1S/C4H5NO4S/c1-3-2-4(6)5(7)10(8)9-3/h2,7H,1H3. The molecular formula is C4H5NO4S. The average molecular weight is 163 g/mol. The number of carbonyl (C=O) groups excluding carboxylic acids is 1. The summed E-state index contributed by atoms with van der Waals surface area (Å²) in [6, 6.07) is 0. The van der Waals surface area contributed by atoms with Crippen molar-refractivity contribution < 1.29 is 18.4 Å². The van der Waals surface area contributed by atoms with Crippen LogP contribution in [0, 0.1) is 0 Å². The van der Waals surface area contributed by atoms with E-state index in [0.29, 0.717) is 0 Å². The highest BCUT2D eigenvalue weighted by molar-refractivity contribution is 7.78. The van der Waals surface area contributed by atoms with Crippen LogP contribution in [0.25, 0.3) is 0 Å². The van der Waals surface area contributed by atoms with E-state index in [9.17, 15) is 9.00 Å². The Morgan fingerprint density at radius 3 is 2.90 bits per heavy atom. The van der Waals surface area contributed by atoms with Gasteiger partial charge in [-0.25, -0.2) is 0 Å². The summed E-state index contributed by atoms with van der Waals surface area (Å²) in [5.74, 6) is -0.504. The summed E-state index contributed by atoms with van der Waals surface area (Å²) in [7, 11) is 0. The van der Waals surface area contributed by atoms with Gasteiger partial charge in [-0.1, -0.05) is 4.47 Å². The molecule has 0 saturated heterocycles. The van der Waals surface area contributed by atoms with E-state index in [0.717, 1.165) is 6.08 Å². The molecule has 0 aromatic carbocycles. The highest BCUT2D eigenvalue weighted by atomic mass is 32.2. The lowest BCUT2D eigenvalue weighted by molar-refractivity contribution is -0.141. The van der Waals surface area contributed by atoms with Gasteiger partial charge in [0.1, 0.15) is 5.76 Å². The Morgan fingerprint density at radius 2 is 2.40 bits per heavy atom. The van der Waals surface area contributed by atoms with Crippen LogP contribution < -0.4 is 0 Å². The van der Waals surface area contributed by atoms with Crippen LogP contribution in [0.1, 0.15) is 6.92 Å². The van der Waals surface area contributed by atoms with Gasteiger partial charge in [0.25, 0.3) is 5.91 Å². The minimum atomic E-state index is -2.07. The topological polar surface area (TPSA) is 66.8 Å². The smallest absolute Gasteiger partial charge is 0.346 e. The summed E-state index contributed by atoms with van der Waals surface area (Å²) in [6.45, 7) is 1.48. The van der Waals surface area contributed by atoms with E-state index in [2.05, 4.69) is 4.18 Å². The molecule has 6 heteroatoms. The zero-order chi connectivity index (χ0) is 7.72. The first kappa shape index (κ1) is 7.23. The Labute approximate surface area is 59.6 Å². The van der Waals surface area contributed by atoms with Crippen molar-refractivity contribution >= 4 is 17.2 Å². The fraction of sp³-hybridized carbons (Fsp3) is 0.250. The SMILES string of the molecule is CC1=CC(=O)N(O)S(=O)O1. The van der Waals surface area contributed by atoms with Gasteiger partial charge in [0.15, 0.2) is 0 Å². The molecule has 0 radical (unpaired) electrons. The summed E-state index contributed by atoms with van der Waals surface area (Å²) in [6.07, 6.45) is 1.04. The summed E-state index contributed by atoms with van der Waals surface area (Å²) in [5.41, 5.74) is 0. The van der Waals surface area contributed by atoms with Crippen molar-refractivity contribution in [2.24, 2.45) is 0 Å². The first-order valence-corrected chi connectivity index (χ1v) is 3.46. The molecule has 1 amide bonds. The zero-order valence-electron chi connectivity index (χ0n) is 5.10. The molecule has 1 atom stereocenters. The fourth-order valence-electron chi connectivity index (χ4n) is 0.474. The summed E-state index contributed by atoms with van der Waals surface area (Å²) in [4.78, 5) is 10.5. The van der Waals surface area contributed by atoms with E-state index in [-0.39, 0.29) is 10.2 Å². The van der Waals surface area contributed by atoms with Crippen molar-refractivity contribution in [1.82, 2.24) is 4.47 Å². The number of nitrogens with zero attached hydrogens (tertiary/aromatic N) is 1. The van der Waals surface area contributed by atoms with Gasteiger partial charge >= 0.3 is 11.3 Å². The predicted molar refractivity (Wildman–Crippen MR) is 31.6 cm³/mol. The molecule has 1 N–H and O–H groups in total. The zero-order valence-corrected chi connectivity index (χ0v) is 5.92. The van der Waals surface area contributed by atoms with Crippen molar-refractivity contribution in [3.05, 3.63) is 11.8 Å². The first-order chi connectivity index (χ1) is 4.61. The lowest BCUT2D eigenvalue weighted by Crippen LogP contribution is -2.32. The molecule has 56 valence electrons. The highest BCUT2D eigenvalue weighted by Crippen LogP contribution is 2.09. The number of hydrogen-bond acceptors (Lipinski definition) is 4. The second kappa shape index (κ2) is 2.39. The molecule has 0 spiro atoms. The van der Waals surface area contributed by atoms with Crippen molar-refractivity contribution in [3.63, 3.8) is 0 Å². The fourth-order valence-corrected chi connectivity index (χ4v) is 1.02. The van der Waals surface area contributed by atoms with Gasteiger partial charge in [-0.3, -0.25) is 10.0 Å². The van der Waals surface area contributed by atoms with Crippen LogP contribution in [-0.2, 0) is 20.2 Å². The number of allylic oxidation sites excluding steroid dienone is 1. The van der Waals surface area contributed by atoms with Gasteiger partial charge in [0, 0.05) is 6.08 Å². The van der Waals surface area contributed by atoms with Gasteiger partial charge in [0.2, 0.25) is 0 Å². The maximum atomic E-state index is 10.5. The second-order valence-corrected chi connectivity index (χ2v) is 2.61. The van der Waals surface area contributed by atoms with Crippen LogP contribution in [0.2, 0.25) is 0 Å². The Bertz CT molecular complexity index is 223. The van der Waals surface area contributed by atoms with Gasteiger partial charge in [-0.05, 0) is 6.92 Å². The van der Waals surface area contributed by atoms with Crippen molar-refractivity contribution in [1.29, 1.82) is 0 Å². The van der Waals surface area contributed by atoms with Crippen LogP contribution in [0.3, 0.4) is 0 Å². The lowest BCUT2D eigenvalue weighted by Gasteiger charge is -2.15. The Kier molecular flexibility index (Phi) is 1.73. The molecule has 0 aromatic heterocycles. The van der Waals surface area contributed by atoms with Gasteiger partial charge in [-0.2, -0.15) is 4.21 Å². The average Bonchev–Trinajstić information content (AvgIpc) is 1.82. The highest BCUT2D eigenvalue weighted by Gasteiger charge is 2.23. The third-order valence-corrected chi connectivity index (χ3v) is 1.73. The molecule has 5 nitrogen and oxygen atoms in total. The van der Waals surface area contributed by atoms with Crippen molar-refractivity contribution in [3.8, 4) is 0 Å². The van der Waals surface area contributed by atoms with Gasteiger partial charge in [0.05, 0.1) is 0 Å². The molecule has 10 heavy (non-hydrogen) atoms. The van der Waals surface area contributed by atoms with E-state index in [1.165, 1.54) is 6.92 Å². The van der Waals surface area contributed by atoms with Crippen molar-refractivity contribution in [2.75, 3.05) is 0 Å². The molecular weight excluding hydrogens is 158 g/mol. The lowest BCUT2D eigenvalue weighted by atomic mass is 10.5.